The summed E-state index contributed by atoms with van der Waals surface area (Å²) in [5.74, 6) is -0.0270. The second kappa shape index (κ2) is 6.88. The summed E-state index contributed by atoms with van der Waals surface area (Å²) in [6.07, 6.45) is 4.01. The molecule has 5 nitrogen and oxygen atoms in total. The Morgan fingerprint density at radius 2 is 2.35 bits per heavy atom. The number of ether oxygens (including phenoxy) is 1. The molecular formula is C15H25N3O2. The van der Waals surface area contributed by atoms with Crippen LogP contribution in [0.5, 0.6) is 0 Å². The molecular weight excluding hydrogens is 254 g/mol. The van der Waals surface area contributed by atoms with E-state index in [2.05, 4.69) is 29.9 Å². The lowest BCUT2D eigenvalue weighted by molar-refractivity contribution is -0.150. The summed E-state index contributed by atoms with van der Waals surface area (Å²) >= 11 is 0. The van der Waals surface area contributed by atoms with Crippen molar-refractivity contribution in [3.63, 3.8) is 0 Å². The summed E-state index contributed by atoms with van der Waals surface area (Å²) < 4.78 is 7.10. The number of carbonyl (C=O) groups excluding carboxylic acids is 1. The Balaban J connectivity index is 1.90. The maximum absolute atomic E-state index is 11.8. The molecule has 0 spiro atoms. The number of carbonyl (C=O) groups is 1. The van der Waals surface area contributed by atoms with Gasteiger partial charge >= 0.3 is 5.97 Å². The van der Waals surface area contributed by atoms with Gasteiger partial charge in [-0.05, 0) is 46.2 Å². The summed E-state index contributed by atoms with van der Waals surface area (Å²) in [4.78, 5) is 14.1. The average Bonchev–Trinajstić information content (AvgIpc) is 2.88. The van der Waals surface area contributed by atoms with Crippen LogP contribution in [-0.4, -0.2) is 40.3 Å². The number of nitrogens with zero attached hydrogens (tertiary/aromatic N) is 3. The molecule has 0 amide bonds. The number of esters is 1. The van der Waals surface area contributed by atoms with E-state index in [-0.39, 0.29) is 11.9 Å². The van der Waals surface area contributed by atoms with Crippen molar-refractivity contribution in [1.82, 2.24) is 14.7 Å². The van der Waals surface area contributed by atoms with Crippen LogP contribution in [0.4, 0.5) is 0 Å². The van der Waals surface area contributed by atoms with Gasteiger partial charge in [-0.2, -0.15) is 5.10 Å². The minimum absolute atomic E-state index is 0.0240. The highest BCUT2D eigenvalue weighted by Crippen LogP contribution is 2.19. The van der Waals surface area contributed by atoms with Crippen molar-refractivity contribution in [3.05, 3.63) is 18.0 Å². The third kappa shape index (κ3) is 3.82. The maximum Gasteiger partial charge on any atom is 0.310 e. The smallest absolute Gasteiger partial charge is 0.310 e. The number of piperidine rings is 1. The Morgan fingerprint density at radius 1 is 1.55 bits per heavy atom. The molecule has 0 radical (unpaired) electrons. The van der Waals surface area contributed by atoms with Gasteiger partial charge in [0.05, 0.1) is 18.2 Å². The lowest BCUT2D eigenvalue weighted by Gasteiger charge is -2.30. The quantitative estimate of drug-likeness (QED) is 0.776. The molecule has 1 aromatic heterocycles. The lowest BCUT2D eigenvalue weighted by atomic mass is 9.98. The fourth-order valence-electron chi connectivity index (χ4n) is 2.63. The number of likely N-dealkylation sites (tertiary alicyclic amines) is 1. The number of rotatable bonds is 5. The first kappa shape index (κ1) is 15.0. The van der Waals surface area contributed by atoms with E-state index < -0.39 is 0 Å². The first-order valence-corrected chi connectivity index (χ1v) is 7.53. The highest BCUT2D eigenvalue weighted by molar-refractivity contribution is 5.72. The fraction of sp³-hybridized carbons (Fsp3) is 0.733. The van der Waals surface area contributed by atoms with Crippen molar-refractivity contribution in [2.75, 3.05) is 19.7 Å². The van der Waals surface area contributed by atoms with Crippen LogP contribution >= 0.6 is 0 Å². The standard InChI is InChI=1S/C15H25N3O2/c1-4-20-15(19)13-6-5-8-17(10-13)11-14-7-9-18(16-14)12(2)3/h7,9,12-13H,4-6,8,10-11H2,1-3H3/t13-/m0/s1. The van der Waals surface area contributed by atoms with Crippen LogP contribution in [0.3, 0.4) is 0 Å². The van der Waals surface area contributed by atoms with E-state index in [1.165, 1.54) is 0 Å². The predicted molar refractivity (Wildman–Crippen MR) is 77.2 cm³/mol. The van der Waals surface area contributed by atoms with Gasteiger partial charge < -0.3 is 4.74 Å². The predicted octanol–water partition coefficient (Wildman–Crippen LogP) is 2.24. The van der Waals surface area contributed by atoms with E-state index >= 15 is 0 Å². The monoisotopic (exact) mass is 279 g/mol. The molecule has 2 heterocycles. The Bertz CT molecular complexity index is 442. The van der Waals surface area contributed by atoms with Gasteiger partial charge in [0.15, 0.2) is 0 Å². The second-order valence-electron chi connectivity index (χ2n) is 5.71. The Hall–Kier alpha value is -1.36. The van der Waals surface area contributed by atoms with Crippen molar-refractivity contribution in [2.24, 2.45) is 5.92 Å². The van der Waals surface area contributed by atoms with Crippen LogP contribution in [0, 0.1) is 5.92 Å². The van der Waals surface area contributed by atoms with E-state index in [0.717, 1.165) is 38.2 Å². The van der Waals surface area contributed by atoms with Crippen molar-refractivity contribution >= 4 is 5.97 Å². The third-order valence-corrected chi connectivity index (χ3v) is 3.70. The van der Waals surface area contributed by atoms with Crippen LogP contribution < -0.4 is 0 Å². The topological polar surface area (TPSA) is 47.4 Å². The molecule has 1 atom stereocenters. The molecule has 0 aromatic carbocycles. The highest BCUT2D eigenvalue weighted by Gasteiger charge is 2.27. The molecule has 0 saturated carbocycles. The molecule has 1 aliphatic rings. The van der Waals surface area contributed by atoms with Crippen molar-refractivity contribution in [2.45, 2.75) is 46.2 Å². The van der Waals surface area contributed by atoms with Gasteiger partial charge in [-0.1, -0.05) is 0 Å². The fourth-order valence-corrected chi connectivity index (χ4v) is 2.63. The molecule has 0 bridgehead atoms. The molecule has 1 aliphatic heterocycles. The molecule has 5 heteroatoms. The van der Waals surface area contributed by atoms with Gasteiger partial charge in [0, 0.05) is 25.3 Å². The van der Waals surface area contributed by atoms with Crippen molar-refractivity contribution in [3.8, 4) is 0 Å². The minimum Gasteiger partial charge on any atom is -0.466 e. The van der Waals surface area contributed by atoms with E-state index in [1.807, 2.05) is 17.8 Å². The van der Waals surface area contributed by atoms with Gasteiger partial charge in [-0.15, -0.1) is 0 Å². The lowest BCUT2D eigenvalue weighted by Crippen LogP contribution is -2.39. The molecule has 0 N–H and O–H groups in total. The zero-order valence-electron chi connectivity index (χ0n) is 12.7. The maximum atomic E-state index is 11.8. The average molecular weight is 279 g/mol. The summed E-state index contributed by atoms with van der Waals surface area (Å²) in [5, 5.41) is 4.57. The highest BCUT2D eigenvalue weighted by atomic mass is 16.5. The molecule has 1 saturated heterocycles. The van der Waals surface area contributed by atoms with Crippen LogP contribution in [0.15, 0.2) is 12.3 Å². The Morgan fingerprint density at radius 3 is 3.00 bits per heavy atom. The SMILES string of the molecule is CCOC(=O)[C@H]1CCCN(Cc2ccn(C(C)C)n2)C1. The number of aromatic nitrogens is 2. The Labute approximate surface area is 120 Å². The minimum atomic E-state index is -0.0510. The Kier molecular flexibility index (Phi) is 5.17. The van der Waals surface area contributed by atoms with Gasteiger partial charge in [0.25, 0.3) is 0 Å². The zero-order chi connectivity index (χ0) is 14.5. The van der Waals surface area contributed by atoms with Gasteiger partial charge in [-0.3, -0.25) is 14.4 Å². The molecule has 0 aliphatic carbocycles. The largest absolute Gasteiger partial charge is 0.466 e. The molecule has 20 heavy (non-hydrogen) atoms. The summed E-state index contributed by atoms with van der Waals surface area (Å²) in [7, 11) is 0. The number of hydrogen-bond donors (Lipinski definition) is 0. The molecule has 112 valence electrons. The van der Waals surface area contributed by atoms with E-state index in [1.54, 1.807) is 0 Å². The van der Waals surface area contributed by atoms with E-state index in [0.29, 0.717) is 12.6 Å². The van der Waals surface area contributed by atoms with Gasteiger partial charge in [-0.25, -0.2) is 0 Å². The first-order chi connectivity index (χ1) is 9.60. The molecule has 1 aromatic rings. The zero-order valence-corrected chi connectivity index (χ0v) is 12.7. The van der Waals surface area contributed by atoms with Crippen molar-refractivity contribution < 1.29 is 9.53 Å². The molecule has 0 unspecified atom stereocenters. The molecule has 1 fully saturated rings. The summed E-state index contributed by atoms with van der Waals surface area (Å²) in [6.45, 7) is 9.20. The molecule has 2 rings (SSSR count). The first-order valence-electron chi connectivity index (χ1n) is 7.53. The van der Waals surface area contributed by atoms with Gasteiger partial charge in [0.2, 0.25) is 0 Å². The van der Waals surface area contributed by atoms with Crippen molar-refractivity contribution in [1.29, 1.82) is 0 Å². The van der Waals surface area contributed by atoms with E-state index in [9.17, 15) is 4.79 Å². The van der Waals surface area contributed by atoms with Crippen LogP contribution in [0.25, 0.3) is 0 Å². The van der Waals surface area contributed by atoms with Crippen LogP contribution in [0.1, 0.15) is 45.3 Å². The van der Waals surface area contributed by atoms with Crippen LogP contribution in [-0.2, 0) is 16.1 Å². The normalized spacial score (nSPS) is 20.3. The van der Waals surface area contributed by atoms with E-state index in [4.69, 9.17) is 4.74 Å². The van der Waals surface area contributed by atoms with Crippen LogP contribution in [0.2, 0.25) is 0 Å². The van der Waals surface area contributed by atoms with Gasteiger partial charge in [0.1, 0.15) is 0 Å². The number of hydrogen-bond acceptors (Lipinski definition) is 4. The second-order valence-corrected chi connectivity index (χ2v) is 5.71. The third-order valence-electron chi connectivity index (χ3n) is 3.70. The summed E-state index contributed by atoms with van der Waals surface area (Å²) in [6, 6.07) is 2.45. The summed E-state index contributed by atoms with van der Waals surface area (Å²) in [5.41, 5.74) is 1.07.